The van der Waals surface area contributed by atoms with Gasteiger partial charge in [0, 0.05) is 0 Å². The molecule has 10 heavy (non-hydrogen) atoms. The van der Waals surface area contributed by atoms with Crippen LogP contribution in [0.25, 0.3) is 0 Å². The van der Waals surface area contributed by atoms with Crippen LogP contribution in [0.2, 0.25) is 0 Å². The van der Waals surface area contributed by atoms with Crippen LogP contribution in [0, 0.1) is 0 Å². The van der Waals surface area contributed by atoms with Gasteiger partial charge in [-0.15, -0.1) is 12.4 Å². The summed E-state index contributed by atoms with van der Waals surface area (Å²) in [6.45, 7) is 0. The highest BCUT2D eigenvalue weighted by atomic mass is 35.5. The Kier molecular flexibility index (Phi) is 3.57. The summed E-state index contributed by atoms with van der Waals surface area (Å²) in [6, 6.07) is 0. The Morgan fingerprint density at radius 2 is 2.20 bits per heavy atom. The van der Waals surface area contributed by atoms with E-state index in [-0.39, 0.29) is 12.4 Å². The molecule has 0 bridgehead atoms. The number of allylic oxidation sites excluding steroid dienone is 2. The minimum atomic E-state index is -0.574. The molecule has 3 nitrogen and oxygen atoms in total. The molecule has 56 valence electrons. The molecule has 0 aliphatic carbocycles. The Bertz CT molecular complexity index is 177. The molecule has 0 radical (unpaired) electrons. The first-order valence-electron chi connectivity index (χ1n) is 2.59. The van der Waals surface area contributed by atoms with Crippen LogP contribution in [0.4, 0.5) is 0 Å². The van der Waals surface area contributed by atoms with Gasteiger partial charge < -0.3 is 10.5 Å². The Morgan fingerprint density at radius 3 is 2.50 bits per heavy atom. The van der Waals surface area contributed by atoms with Crippen molar-refractivity contribution in [2.75, 3.05) is 0 Å². The molecular formula is C6H8ClNO2. The van der Waals surface area contributed by atoms with Crippen molar-refractivity contribution in [1.82, 2.24) is 0 Å². The predicted octanol–water partition coefficient (Wildman–Crippen LogP) is 0.362. The zero-order valence-corrected chi connectivity index (χ0v) is 6.01. The number of hydrogen-bond donors (Lipinski definition) is 1. The number of primary amides is 1. The summed E-state index contributed by atoms with van der Waals surface area (Å²) in [5.41, 5.74) is 4.92. The summed E-state index contributed by atoms with van der Waals surface area (Å²) >= 11 is 0. The molecule has 0 aromatic heterocycles. The summed E-state index contributed by atoms with van der Waals surface area (Å²) in [7, 11) is 0. The van der Waals surface area contributed by atoms with Crippen LogP contribution < -0.4 is 5.73 Å². The van der Waals surface area contributed by atoms with E-state index in [0.717, 1.165) is 0 Å². The minimum absolute atomic E-state index is 0. The molecule has 0 aromatic rings. The second-order valence-corrected chi connectivity index (χ2v) is 1.67. The van der Waals surface area contributed by atoms with Crippen molar-refractivity contribution >= 4 is 18.3 Å². The van der Waals surface area contributed by atoms with Crippen molar-refractivity contribution in [3.63, 3.8) is 0 Å². The molecule has 0 spiro atoms. The highest BCUT2D eigenvalue weighted by molar-refractivity contribution is 5.85. The third kappa shape index (κ3) is 2.11. The van der Waals surface area contributed by atoms with Gasteiger partial charge in [-0.05, 0) is 12.2 Å². The van der Waals surface area contributed by atoms with Gasteiger partial charge in [0.05, 0.1) is 6.26 Å². The van der Waals surface area contributed by atoms with E-state index in [4.69, 9.17) is 10.5 Å². The smallest absolute Gasteiger partial charge is 0.262 e. The molecular weight excluding hydrogens is 154 g/mol. The van der Waals surface area contributed by atoms with Gasteiger partial charge in [0.1, 0.15) is 0 Å². The molecule has 1 aliphatic heterocycles. The van der Waals surface area contributed by atoms with E-state index in [1.165, 1.54) is 6.26 Å². The normalized spacial score (nSPS) is 21.0. The topological polar surface area (TPSA) is 52.3 Å². The Balaban J connectivity index is 0.000000810. The molecule has 0 saturated carbocycles. The predicted molar refractivity (Wildman–Crippen MR) is 39.6 cm³/mol. The van der Waals surface area contributed by atoms with Crippen LogP contribution in [0.15, 0.2) is 24.5 Å². The van der Waals surface area contributed by atoms with E-state index in [1.807, 2.05) is 0 Å². The number of nitrogens with two attached hydrogens (primary N) is 1. The number of hydrogen-bond acceptors (Lipinski definition) is 2. The molecule has 1 unspecified atom stereocenters. The second kappa shape index (κ2) is 3.95. The third-order valence-corrected chi connectivity index (χ3v) is 0.981. The van der Waals surface area contributed by atoms with Crippen molar-refractivity contribution in [3.8, 4) is 0 Å². The van der Waals surface area contributed by atoms with Gasteiger partial charge in [-0.25, -0.2) is 0 Å². The van der Waals surface area contributed by atoms with E-state index in [9.17, 15) is 4.79 Å². The molecule has 1 aliphatic rings. The molecule has 0 fully saturated rings. The number of carbonyl (C=O) groups is 1. The third-order valence-electron chi connectivity index (χ3n) is 0.981. The van der Waals surface area contributed by atoms with Crippen molar-refractivity contribution in [1.29, 1.82) is 0 Å². The van der Waals surface area contributed by atoms with Crippen LogP contribution in [0.1, 0.15) is 0 Å². The summed E-state index contributed by atoms with van der Waals surface area (Å²) in [5.74, 6) is -0.462. The first-order valence-corrected chi connectivity index (χ1v) is 2.59. The number of carbonyl (C=O) groups excluding carboxylic acids is 1. The lowest BCUT2D eigenvalue weighted by molar-refractivity contribution is -0.124. The van der Waals surface area contributed by atoms with Gasteiger partial charge >= 0.3 is 0 Å². The maximum Gasteiger partial charge on any atom is 0.262 e. The van der Waals surface area contributed by atoms with Crippen LogP contribution >= 0.6 is 12.4 Å². The number of rotatable bonds is 1. The van der Waals surface area contributed by atoms with Crippen molar-refractivity contribution in [2.45, 2.75) is 6.10 Å². The quantitative estimate of drug-likeness (QED) is 0.604. The van der Waals surface area contributed by atoms with Crippen molar-refractivity contribution in [3.05, 3.63) is 24.5 Å². The van der Waals surface area contributed by atoms with E-state index in [0.29, 0.717) is 0 Å². The lowest BCUT2D eigenvalue weighted by Gasteiger charge is -2.09. The first-order chi connectivity index (χ1) is 4.30. The molecule has 1 rings (SSSR count). The Morgan fingerprint density at radius 1 is 1.50 bits per heavy atom. The monoisotopic (exact) mass is 161 g/mol. The Hall–Kier alpha value is -0.960. The van der Waals surface area contributed by atoms with Gasteiger partial charge in [-0.3, -0.25) is 4.79 Å². The molecule has 1 heterocycles. The van der Waals surface area contributed by atoms with Crippen LogP contribution in [-0.4, -0.2) is 12.0 Å². The number of ether oxygens (including phenoxy) is 1. The summed E-state index contributed by atoms with van der Waals surface area (Å²) < 4.78 is 4.80. The van der Waals surface area contributed by atoms with Gasteiger partial charge in [-0.1, -0.05) is 6.08 Å². The van der Waals surface area contributed by atoms with Crippen LogP contribution in [0.5, 0.6) is 0 Å². The van der Waals surface area contributed by atoms with Gasteiger partial charge in [-0.2, -0.15) is 0 Å². The fraction of sp³-hybridized carbons (Fsp3) is 0.167. The lowest BCUT2D eigenvalue weighted by Crippen LogP contribution is -2.28. The van der Waals surface area contributed by atoms with E-state index >= 15 is 0 Å². The highest BCUT2D eigenvalue weighted by Crippen LogP contribution is 1.99. The number of halogens is 1. The molecule has 1 amide bonds. The molecule has 4 heteroatoms. The standard InChI is InChI=1S/C6H7NO2.ClH/c7-6(8)5-3-1-2-4-9-5;/h1-5H,(H2,7,8);1H. The second-order valence-electron chi connectivity index (χ2n) is 1.67. The average molecular weight is 162 g/mol. The van der Waals surface area contributed by atoms with Gasteiger partial charge in [0.25, 0.3) is 5.91 Å². The van der Waals surface area contributed by atoms with Crippen LogP contribution in [0.3, 0.4) is 0 Å². The Labute approximate surface area is 64.9 Å². The average Bonchev–Trinajstić information content (AvgIpc) is 1.90. The van der Waals surface area contributed by atoms with Crippen molar-refractivity contribution in [2.24, 2.45) is 5.73 Å². The molecule has 2 N–H and O–H groups in total. The lowest BCUT2D eigenvalue weighted by atomic mass is 10.3. The van der Waals surface area contributed by atoms with E-state index in [1.54, 1.807) is 18.2 Å². The molecule has 0 saturated heterocycles. The zero-order valence-electron chi connectivity index (χ0n) is 5.19. The largest absolute Gasteiger partial charge is 0.484 e. The fourth-order valence-corrected chi connectivity index (χ4v) is 0.548. The van der Waals surface area contributed by atoms with Gasteiger partial charge in [0.2, 0.25) is 0 Å². The van der Waals surface area contributed by atoms with E-state index < -0.39 is 12.0 Å². The summed E-state index contributed by atoms with van der Waals surface area (Å²) in [4.78, 5) is 10.4. The fourth-order valence-electron chi connectivity index (χ4n) is 0.548. The molecule has 0 aromatic carbocycles. The van der Waals surface area contributed by atoms with E-state index in [2.05, 4.69) is 0 Å². The maximum absolute atomic E-state index is 10.4. The van der Waals surface area contributed by atoms with Crippen LogP contribution in [-0.2, 0) is 9.53 Å². The maximum atomic E-state index is 10.4. The summed E-state index contributed by atoms with van der Waals surface area (Å²) in [6.07, 6.45) is 5.88. The van der Waals surface area contributed by atoms with Gasteiger partial charge in [0.15, 0.2) is 6.10 Å². The first kappa shape index (κ1) is 9.04. The van der Waals surface area contributed by atoms with Crippen molar-refractivity contribution < 1.29 is 9.53 Å². The summed E-state index contributed by atoms with van der Waals surface area (Å²) in [5, 5.41) is 0. The molecule has 1 atom stereocenters. The number of amides is 1. The minimum Gasteiger partial charge on any atom is -0.484 e. The highest BCUT2D eigenvalue weighted by Gasteiger charge is 2.11. The zero-order chi connectivity index (χ0) is 6.69. The SMILES string of the molecule is Cl.NC(=O)C1C=CC=CO1.